The summed E-state index contributed by atoms with van der Waals surface area (Å²) in [6.45, 7) is 1.77. The maximum absolute atomic E-state index is 12.2. The van der Waals surface area contributed by atoms with Crippen molar-refractivity contribution in [2.45, 2.75) is 26.4 Å². The molecule has 0 aliphatic carbocycles. The van der Waals surface area contributed by atoms with Crippen molar-refractivity contribution in [1.82, 2.24) is 0 Å². The van der Waals surface area contributed by atoms with Crippen LogP contribution in [0.2, 0.25) is 0 Å². The highest BCUT2D eigenvalue weighted by Crippen LogP contribution is 2.19. The second-order valence-corrected chi connectivity index (χ2v) is 7.31. The Bertz CT molecular complexity index is 1120. The minimum Gasteiger partial charge on any atom is -0.489 e. The molecule has 1 amide bonds. The van der Waals surface area contributed by atoms with Crippen LogP contribution >= 0.6 is 0 Å². The van der Waals surface area contributed by atoms with Gasteiger partial charge in [0.2, 0.25) is 0 Å². The first-order chi connectivity index (χ1) is 15.5. The maximum Gasteiger partial charge on any atom is 0.262 e. The molecule has 1 N–H and O–H groups in total. The van der Waals surface area contributed by atoms with Crippen molar-refractivity contribution in [2.24, 2.45) is 0 Å². The van der Waals surface area contributed by atoms with E-state index in [0.29, 0.717) is 42.2 Å². The number of nitriles is 1. The molecule has 3 rings (SSSR count). The Hall–Kier alpha value is -4.11. The summed E-state index contributed by atoms with van der Waals surface area (Å²) in [5, 5.41) is 11.8. The number of aryl methyl sites for hydroxylation is 1. The molecular weight excluding hydrogens is 404 g/mol. The van der Waals surface area contributed by atoms with Crippen molar-refractivity contribution in [3.63, 3.8) is 0 Å². The summed E-state index contributed by atoms with van der Waals surface area (Å²) in [5.74, 6) is 1.06. The van der Waals surface area contributed by atoms with Gasteiger partial charge in [-0.3, -0.25) is 4.79 Å². The summed E-state index contributed by atoms with van der Waals surface area (Å²) >= 11 is 0. The number of benzene rings is 3. The Balaban J connectivity index is 1.47. The van der Waals surface area contributed by atoms with E-state index in [0.717, 1.165) is 11.1 Å². The quantitative estimate of drug-likeness (QED) is 0.507. The predicted octanol–water partition coefficient (Wildman–Crippen LogP) is 4.68. The molecule has 0 saturated carbocycles. The fourth-order valence-corrected chi connectivity index (χ4v) is 2.98. The summed E-state index contributed by atoms with van der Waals surface area (Å²) in [5.41, 5.74) is 3.12. The van der Waals surface area contributed by atoms with Gasteiger partial charge in [0.25, 0.3) is 5.91 Å². The molecule has 0 unspecified atom stereocenters. The van der Waals surface area contributed by atoms with Crippen molar-refractivity contribution in [2.75, 3.05) is 11.9 Å². The zero-order valence-electron chi connectivity index (χ0n) is 17.8. The number of carbonyl (C=O) groups excluding carboxylic acids is 2. The summed E-state index contributed by atoms with van der Waals surface area (Å²) < 4.78 is 11.3. The van der Waals surface area contributed by atoms with E-state index in [1.165, 1.54) is 0 Å². The number of nitrogens with one attached hydrogen (secondary N) is 1. The Morgan fingerprint density at radius 2 is 1.69 bits per heavy atom. The van der Waals surface area contributed by atoms with Crippen LogP contribution < -0.4 is 14.8 Å². The highest BCUT2D eigenvalue weighted by molar-refractivity contribution is 5.92. The molecule has 3 aromatic carbocycles. The number of hydrogen-bond donors (Lipinski definition) is 1. The van der Waals surface area contributed by atoms with E-state index in [-0.39, 0.29) is 18.3 Å². The summed E-state index contributed by atoms with van der Waals surface area (Å²) in [7, 11) is 0. The number of hydrogen-bond acceptors (Lipinski definition) is 5. The van der Waals surface area contributed by atoms with E-state index < -0.39 is 0 Å². The smallest absolute Gasteiger partial charge is 0.262 e. The van der Waals surface area contributed by atoms with Gasteiger partial charge in [-0.05, 0) is 60.9 Å². The zero-order valence-corrected chi connectivity index (χ0v) is 17.8. The van der Waals surface area contributed by atoms with Crippen molar-refractivity contribution < 1.29 is 19.1 Å². The lowest BCUT2D eigenvalue weighted by Crippen LogP contribution is -2.20. The fourth-order valence-electron chi connectivity index (χ4n) is 2.98. The molecule has 6 nitrogen and oxygen atoms in total. The summed E-state index contributed by atoms with van der Waals surface area (Å²) in [6.07, 6.45) is 1.20. The number of amides is 1. The van der Waals surface area contributed by atoms with Gasteiger partial charge in [0.05, 0.1) is 11.6 Å². The maximum atomic E-state index is 12.2. The lowest BCUT2D eigenvalue weighted by molar-refractivity contribution is -0.118. The van der Waals surface area contributed by atoms with Gasteiger partial charge in [-0.15, -0.1) is 0 Å². The predicted molar refractivity (Wildman–Crippen MR) is 121 cm³/mol. The van der Waals surface area contributed by atoms with Gasteiger partial charge in [-0.25, -0.2) is 0 Å². The molecule has 32 heavy (non-hydrogen) atoms. The van der Waals surface area contributed by atoms with Gasteiger partial charge in [-0.1, -0.05) is 30.3 Å². The van der Waals surface area contributed by atoms with E-state index in [1.807, 2.05) is 24.3 Å². The van der Waals surface area contributed by atoms with Crippen LogP contribution in [-0.4, -0.2) is 18.3 Å². The Morgan fingerprint density at radius 3 is 2.44 bits per heavy atom. The number of Topliss-reactive ketones (excluding diaryl/α,β-unsaturated/α-hetero) is 1. The monoisotopic (exact) mass is 428 g/mol. The van der Waals surface area contributed by atoms with Gasteiger partial charge < -0.3 is 19.6 Å². The SMILES string of the molecule is CC(=O)CCc1ccc(OCC(=O)Nc2cccc(OCc3cccc(C#N)c3)c2)cc1. The number of anilines is 1. The average Bonchev–Trinajstić information content (AvgIpc) is 2.81. The molecule has 0 atom stereocenters. The minimum absolute atomic E-state index is 0.126. The summed E-state index contributed by atoms with van der Waals surface area (Å²) in [6, 6.07) is 23.8. The molecule has 3 aromatic rings. The van der Waals surface area contributed by atoms with Crippen LogP contribution in [-0.2, 0) is 22.6 Å². The van der Waals surface area contributed by atoms with Crippen molar-refractivity contribution in [1.29, 1.82) is 5.26 Å². The van der Waals surface area contributed by atoms with Crippen LogP contribution in [0.1, 0.15) is 30.0 Å². The van der Waals surface area contributed by atoms with E-state index >= 15 is 0 Å². The molecule has 0 spiro atoms. The normalized spacial score (nSPS) is 10.1. The van der Waals surface area contributed by atoms with Crippen LogP contribution in [0.4, 0.5) is 5.69 Å². The molecule has 0 radical (unpaired) electrons. The molecule has 0 bridgehead atoms. The first-order valence-electron chi connectivity index (χ1n) is 10.2. The Morgan fingerprint density at radius 1 is 0.906 bits per heavy atom. The molecule has 0 aromatic heterocycles. The topological polar surface area (TPSA) is 88.4 Å². The molecule has 0 aliphatic heterocycles. The summed E-state index contributed by atoms with van der Waals surface area (Å²) in [4.78, 5) is 23.3. The molecule has 0 aliphatic rings. The van der Waals surface area contributed by atoms with Crippen molar-refractivity contribution >= 4 is 17.4 Å². The lowest BCUT2D eigenvalue weighted by Gasteiger charge is -2.10. The number of carbonyl (C=O) groups is 2. The Kier molecular flexibility index (Phi) is 7.99. The van der Waals surface area contributed by atoms with Crippen LogP contribution in [0.5, 0.6) is 11.5 Å². The van der Waals surface area contributed by atoms with Gasteiger partial charge in [-0.2, -0.15) is 5.26 Å². The van der Waals surface area contributed by atoms with Gasteiger partial charge >= 0.3 is 0 Å². The largest absolute Gasteiger partial charge is 0.489 e. The van der Waals surface area contributed by atoms with E-state index in [2.05, 4.69) is 11.4 Å². The first-order valence-corrected chi connectivity index (χ1v) is 10.2. The van der Waals surface area contributed by atoms with Gasteiger partial charge in [0, 0.05) is 18.2 Å². The minimum atomic E-state index is -0.287. The van der Waals surface area contributed by atoms with Crippen molar-refractivity contribution in [3.8, 4) is 17.6 Å². The van der Waals surface area contributed by atoms with Gasteiger partial charge in [0.15, 0.2) is 6.61 Å². The zero-order chi connectivity index (χ0) is 22.8. The van der Waals surface area contributed by atoms with Crippen molar-refractivity contribution in [3.05, 3.63) is 89.5 Å². The molecule has 0 fully saturated rings. The highest BCUT2D eigenvalue weighted by Gasteiger charge is 2.06. The standard InChI is InChI=1S/C26H24N2O4/c1-19(29)8-9-20-10-12-24(13-11-20)32-18-26(30)28-23-6-3-7-25(15-23)31-17-22-5-2-4-21(14-22)16-27/h2-7,10-15H,8-9,17-18H2,1H3,(H,28,30). The van der Waals surface area contributed by atoms with Crippen LogP contribution in [0, 0.1) is 11.3 Å². The second kappa shape index (κ2) is 11.3. The molecule has 6 heteroatoms. The number of nitrogens with zero attached hydrogens (tertiary/aromatic N) is 1. The fraction of sp³-hybridized carbons (Fsp3) is 0.192. The third-order valence-electron chi connectivity index (χ3n) is 4.64. The third-order valence-corrected chi connectivity index (χ3v) is 4.64. The van der Waals surface area contributed by atoms with E-state index in [1.54, 1.807) is 55.5 Å². The van der Waals surface area contributed by atoms with Crippen LogP contribution in [0.3, 0.4) is 0 Å². The number of rotatable bonds is 10. The number of ketones is 1. The lowest BCUT2D eigenvalue weighted by atomic mass is 10.1. The highest BCUT2D eigenvalue weighted by atomic mass is 16.5. The van der Waals surface area contributed by atoms with Crippen LogP contribution in [0.25, 0.3) is 0 Å². The van der Waals surface area contributed by atoms with Crippen LogP contribution in [0.15, 0.2) is 72.8 Å². The second-order valence-electron chi connectivity index (χ2n) is 7.31. The average molecular weight is 428 g/mol. The third kappa shape index (κ3) is 7.29. The molecule has 162 valence electrons. The molecular formula is C26H24N2O4. The Labute approximate surface area is 187 Å². The van der Waals surface area contributed by atoms with Gasteiger partial charge in [0.1, 0.15) is 23.9 Å². The first kappa shape index (κ1) is 22.6. The van der Waals surface area contributed by atoms with E-state index in [4.69, 9.17) is 14.7 Å². The molecule has 0 heterocycles. The molecule has 0 saturated heterocycles. The van der Waals surface area contributed by atoms with E-state index in [9.17, 15) is 9.59 Å². The number of ether oxygens (including phenoxy) is 2.